The monoisotopic (exact) mass is 454 g/mol. The van der Waals surface area contributed by atoms with Crippen LogP contribution < -0.4 is 4.74 Å². The molecule has 0 amide bonds. The van der Waals surface area contributed by atoms with Gasteiger partial charge in [0.2, 0.25) is 0 Å². The number of carbonyl (C=O) groups is 2. The lowest BCUT2D eigenvalue weighted by molar-refractivity contribution is -0.143. The second-order valence-corrected chi connectivity index (χ2v) is 8.48. The molecule has 0 aliphatic carbocycles. The van der Waals surface area contributed by atoms with E-state index in [4.69, 9.17) is 21.1 Å². The Labute approximate surface area is 192 Å². The third-order valence-corrected chi connectivity index (χ3v) is 6.28. The number of hydrogen-bond acceptors (Lipinski definition) is 5. The summed E-state index contributed by atoms with van der Waals surface area (Å²) in [6.07, 6.45) is 2.50. The predicted molar refractivity (Wildman–Crippen MR) is 125 cm³/mol. The minimum atomic E-state index is -0.298. The summed E-state index contributed by atoms with van der Waals surface area (Å²) in [4.78, 5) is 28.3. The molecule has 0 N–H and O–H groups in total. The number of hydrogen-bond donors (Lipinski definition) is 0. The number of esters is 1. The highest BCUT2D eigenvalue weighted by molar-refractivity contribution is 6.30. The van der Waals surface area contributed by atoms with Gasteiger partial charge in [-0.15, -0.1) is 0 Å². The molecule has 6 nitrogen and oxygen atoms in total. The van der Waals surface area contributed by atoms with Crippen LogP contribution in [0.5, 0.6) is 5.75 Å². The van der Waals surface area contributed by atoms with Crippen LogP contribution >= 0.6 is 11.6 Å². The molecule has 2 heterocycles. The van der Waals surface area contributed by atoms with Gasteiger partial charge in [0.15, 0.2) is 0 Å². The number of fused-ring (bicyclic) bond motifs is 1. The van der Waals surface area contributed by atoms with Crippen molar-refractivity contribution in [2.45, 2.75) is 26.2 Å². The van der Waals surface area contributed by atoms with E-state index in [1.165, 1.54) is 12.8 Å². The van der Waals surface area contributed by atoms with E-state index in [9.17, 15) is 9.59 Å². The highest BCUT2D eigenvalue weighted by Gasteiger charge is 2.22. The average Bonchev–Trinajstić information content (AvgIpc) is 3.40. The van der Waals surface area contributed by atoms with Crippen LogP contribution in [0.3, 0.4) is 0 Å². The van der Waals surface area contributed by atoms with Gasteiger partial charge in [0.25, 0.3) is 5.91 Å². The Morgan fingerprint density at radius 2 is 1.78 bits per heavy atom. The zero-order valence-corrected chi connectivity index (χ0v) is 19.2. The summed E-state index contributed by atoms with van der Waals surface area (Å²) in [7, 11) is 1.59. The van der Waals surface area contributed by atoms with E-state index < -0.39 is 0 Å². The zero-order chi connectivity index (χ0) is 22.7. The molecule has 1 aromatic heterocycles. The Balaban J connectivity index is 1.62. The van der Waals surface area contributed by atoms with Gasteiger partial charge in [-0.3, -0.25) is 19.1 Å². The highest BCUT2D eigenvalue weighted by Crippen LogP contribution is 2.31. The van der Waals surface area contributed by atoms with Crippen LogP contribution in [0.25, 0.3) is 10.9 Å². The minimum Gasteiger partial charge on any atom is -0.497 e. The second kappa shape index (κ2) is 9.76. The number of nitrogens with zero attached hydrogens (tertiary/aromatic N) is 2. The van der Waals surface area contributed by atoms with Crippen LogP contribution in [0.4, 0.5) is 0 Å². The van der Waals surface area contributed by atoms with Crippen molar-refractivity contribution in [3.05, 3.63) is 64.3 Å². The Bertz CT molecular complexity index is 1130. The van der Waals surface area contributed by atoms with Gasteiger partial charge >= 0.3 is 5.97 Å². The maximum Gasteiger partial charge on any atom is 0.310 e. The van der Waals surface area contributed by atoms with Crippen molar-refractivity contribution in [1.29, 1.82) is 0 Å². The second-order valence-electron chi connectivity index (χ2n) is 8.04. The van der Waals surface area contributed by atoms with Crippen molar-refractivity contribution in [3.8, 4) is 5.75 Å². The van der Waals surface area contributed by atoms with Gasteiger partial charge in [0.1, 0.15) is 12.4 Å². The van der Waals surface area contributed by atoms with E-state index in [1.807, 2.05) is 25.1 Å². The first-order chi connectivity index (χ1) is 15.5. The van der Waals surface area contributed by atoms with Crippen molar-refractivity contribution in [3.63, 3.8) is 0 Å². The molecular weight excluding hydrogens is 428 g/mol. The number of methoxy groups -OCH3 is 1. The summed E-state index contributed by atoms with van der Waals surface area (Å²) >= 11 is 5.98. The molecule has 0 bridgehead atoms. The maximum atomic E-state index is 13.3. The molecule has 0 radical (unpaired) electrons. The number of halogens is 1. The summed E-state index contributed by atoms with van der Waals surface area (Å²) in [5, 5.41) is 1.37. The predicted octanol–water partition coefficient (Wildman–Crippen LogP) is 4.48. The number of rotatable bonds is 7. The lowest BCUT2D eigenvalue weighted by Crippen LogP contribution is -2.25. The molecule has 0 atom stereocenters. The molecule has 0 saturated carbocycles. The van der Waals surface area contributed by atoms with Gasteiger partial charge in [-0.05, 0) is 80.9 Å². The fraction of sp³-hybridized carbons (Fsp3) is 0.360. The van der Waals surface area contributed by atoms with Crippen LogP contribution in [0.2, 0.25) is 5.02 Å². The molecule has 0 unspecified atom stereocenters. The van der Waals surface area contributed by atoms with Gasteiger partial charge in [-0.2, -0.15) is 0 Å². The molecule has 4 rings (SSSR count). The van der Waals surface area contributed by atoms with Crippen molar-refractivity contribution >= 4 is 34.4 Å². The van der Waals surface area contributed by atoms with Gasteiger partial charge in [-0.1, -0.05) is 11.6 Å². The molecule has 1 aliphatic heterocycles. The molecule has 1 aliphatic rings. The SMILES string of the molecule is COc1ccc2c(c1)c(CC(=O)OCCN1CCCC1)c(C)n2C(=O)c1ccc(Cl)cc1. The number of ether oxygens (including phenoxy) is 2. The van der Waals surface area contributed by atoms with Crippen LogP contribution in [0, 0.1) is 6.92 Å². The Morgan fingerprint density at radius 3 is 2.47 bits per heavy atom. The van der Waals surface area contributed by atoms with Crippen LogP contribution in [-0.4, -0.2) is 54.7 Å². The van der Waals surface area contributed by atoms with Crippen molar-refractivity contribution in [2.24, 2.45) is 0 Å². The fourth-order valence-corrected chi connectivity index (χ4v) is 4.41. The van der Waals surface area contributed by atoms with E-state index in [0.717, 1.165) is 36.1 Å². The van der Waals surface area contributed by atoms with E-state index >= 15 is 0 Å². The molecule has 0 spiro atoms. The highest BCUT2D eigenvalue weighted by atomic mass is 35.5. The minimum absolute atomic E-state index is 0.0936. The first-order valence-electron chi connectivity index (χ1n) is 10.8. The average molecular weight is 455 g/mol. The first kappa shape index (κ1) is 22.4. The van der Waals surface area contributed by atoms with Crippen LogP contribution in [-0.2, 0) is 16.0 Å². The van der Waals surface area contributed by atoms with Crippen LogP contribution in [0.1, 0.15) is 34.5 Å². The molecule has 32 heavy (non-hydrogen) atoms. The van der Waals surface area contributed by atoms with Crippen molar-refractivity contribution < 1.29 is 19.1 Å². The van der Waals surface area contributed by atoms with Gasteiger partial charge in [0, 0.05) is 28.2 Å². The summed E-state index contributed by atoms with van der Waals surface area (Å²) in [5.41, 5.74) is 2.73. The maximum absolute atomic E-state index is 13.3. The van der Waals surface area contributed by atoms with E-state index in [1.54, 1.807) is 35.9 Å². The quantitative estimate of drug-likeness (QED) is 0.492. The van der Waals surface area contributed by atoms with E-state index in [2.05, 4.69) is 4.90 Å². The fourth-order valence-electron chi connectivity index (χ4n) is 4.29. The summed E-state index contributed by atoms with van der Waals surface area (Å²) < 4.78 is 12.5. The number of aromatic nitrogens is 1. The number of benzene rings is 2. The Hall–Kier alpha value is -2.83. The largest absolute Gasteiger partial charge is 0.497 e. The van der Waals surface area contributed by atoms with E-state index in [-0.39, 0.29) is 18.3 Å². The molecule has 168 valence electrons. The van der Waals surface area contributed by atoms with Crippen molar-refractivity contribution in [1.82, 2.24) is 9.47 Å². The molecule has 1 fully saturated rings. The van der Waals surface area contributed by atoms with Crippen molar-refractivity contribution in [2.75, 3.05) is 33.4 Å². The molecule has 2 aromatic carbocycles. The summed E-state index contributed by atoms with van der Waals surface area (Å²) in [6.45, 7) is 5.12. The normalized spacial score (nSPS) is 14.1. The van der Waals surface area contributed by atoms with Gasteiger partial charge < -0.3 is 9.47 Å². The lowest BCUT2D eigenvalue weighted by atomic mass is 10.1. The molecule has 1 saturated heterocycles. The smallest absolute Gasteiger partial charge is 0.310 e. The standard InChI is InChI=1S/C25H27ClN2O4/c1-17-21(16-24(29)32-14-13-27-11-3-4-12-27)22-15-20(31-2)9-10-23(22)28(17)25(30)18-5-7-19(26)8-6-18/h5-10,15H,3-4,11-14,16H2,1-2H3. The Kier molecular flexibility index (Phi) is 6.82. The third kappa shape index (κ3) is 4.66. The lowest BCUT2D eigenvalue weighted by Gasteiger charge is -2.14. The van der Waals surface area contributed by atoms with Crippen LogP contribution in [0.15, 0.2) is 42.5 Å². The summed E-state index contributed by atoms with van der Waals surface area (Å²) in [5.74, 6) is 0.188. The Morgan fingerprint density at radius 1 is 1.06 bits per heavy atom. The van der Waals surface area contributed by atoms with Gasteiger partial charge in [0.05, 0.1) is 19.0 Å². The van der Waals surface area contributed by atoms with Gasteiger partial charge in [-0.25, -0.2) is 0 Å². The third-order valence-electron chi connectivity index (χ3n) is 6.03. The molecular formula is C25H27ClN2O4. The molecule has 7 heteroatoms. The zero-order valence-electron chi connectivity index (χ0n) is 18.4. The van der Waals surface area contributed by atoms with E-state index in [0.29, 0.717) is 28.6 Å². The number of likely N-dealkylation sites (tertiary alicyclic amines) is 1. The topological polar surface area (TPSA) is 60.8 Å². The first-order valence-corrected chi connectivity index (χ1v) is 11.2. The number of carbonyl (C=O) groups excluding carboxylic acids is 2. The summed E-state index contributed by atoms with van der Waals surface area (Å²) in [6, 6.07) is 12.3. The molecule has 3 aromatic rings.